The van der Waals surface area contributed by atoms with Gasteiger partial charge in [0.1, 0.15) is 0 Å². The third kappa shape index (κ3) is 1.69. The van der Waals surface area contributed by atoms with Gasteiger partial charge in [-0.2, -0.15) is 0 Å². The molecule has 0 aliphatic carbocycles. The van der Waals surface area contributed by atoms with Crippen molar-refractivity contribution in [2.75, 3.05) is 6.54 Å². The molecule has 1 nitrogen and oxygen atoms in total. The van der Waals surface area contributed by atoms with Crippen LogP contribution in [0, 0.1) is 13.8 Å². The van der Waals surface area contributed by atoms with Gasteiger partial charge in [-0.15, -0.1) is 0 Å². The van der Waals surface area contributed by atoms with Crippen LogP contribution in [0.5, 0.6) is 0 Å². The molecule has 1 aliphatic heterocycles. The van der Waals surface area contributed by atoms with Crippen LogP contribution in [-0.2, 0) is 0 Å². The Hall–Kier alpha value is -0.820. The Morgan fingerprint density at radius 3 is 2.71 bits per heavy atom. The summed E-state index contributed by atoms with van der Waals surface area (Å²) in [4.78, 5) is 0. The zero-order chi connectivity index (χ0) is 10.1. The standard InChI is InChI=1S/C13H19N/c1-9-5-4-6-13(11(9)3)12-7-10(2)14-8-12/h4-6,10,12,14H,7-8H2,1-3H3. The Morgan fingerprint density at radius 2 is 2.07 bits per heavy atom. The van der Waals surface area contributed by atoms with E-state index in [4.69, 9.17) is 0 Å². The largest absolute Gasteiger partial charge is 0.314 e. The summed E-state index contributed by atoms with van der Waals surface area (Å²) in [7, 11) is 0. The molecule has 1 aromatic rings. The molecular formula is C13H19N. The van der Waals surface area contributed by atoms with Crippen molar-refractivity contribution >= 4 is 0 Å². The Bertz CT molecular complexity index is 330. The predicted octanol–water partition coefficient (Wildman–Crippen LogP) is 2.77. The van der Waals surface area contributed by atoms with Crippen LogP contribution in [0.4, 0.5) is 0 Å². The minimum Gasteiger partial charge on any atom is -0.314 e. The molecule has 1 fully saturated rings. The number of hydrogen-bond acceptors (Lipinski definition) is 1. The fraction of sp³-hybridized carbons (Fsp3) is 0.538. The quantitative estimate of drug-likeness (QED) is 0.716. The normalized spacial score (nSPS) is 26.8. The Kier molecular flexibility index (Phi) is 2.60. The Balaban J connectivity index is 2.28. The van der Waals surface area contributed by atoms with Crippen LogP contribution >= 0.6 is 0 Å². The second kappa shape index (κ2) is 3.74. The molecule has 1 aromatic carbocycles. The zero-order valence-electron chi connectivity index (χ0n) is 9.30. The van der Waals surface area contributed by atoms with Gasteiger partial charge in [0.05, 0.1) is 0 Å². The molecule has 0 aromatic heterocycles. The van der Waals surface area contributed by atoms with Gasteiger partial charge in [-0.25, -0.2) is 0 Å². The molecule has 14 heavy (non-hydrogen) atoms. The third-order valence-corrected chi connectivity index (χ3v) is 3.44. The molecule has 2 atom stereocenters. The molecule has 1 aliphatic rings. The van der Waals surface area contributed by atoms with Gasteiger partial charge in [0.15, 0.2) is 0 Å². The second-order valence-corrected chi connectivity index (χ2v) is 4.53. The van der Waals surface area contributed by atoms with Gasteiger partial charge >= 0.3 is 0 Å². The lowest BCUT2D eigenvalue weighted by molar-refractivity contribution is 0.658. The van der Waals surface area contributed by atoms with Crippen LogP contribution in [0.3, 0.4) is 0 Å². The first kappa shape index (κ1) is 9.72. The molecule has 76 valence electrons. The smallest absolute Gasteiger partial charge is 0.00452 e. The highest BCUT2D eigenvalue weighted by atomic mass is 14.9. The molecule has 0 spiro atoms. The van der Waals surface area contributed by atoms with Crippen LogP contribution in [0.2, 0.25) is 0 Å². The van der Waals surface area contributed by atoms with Crippen LogP contribution in [0.1, 0.15) is 36.0 Å². The van der Waals surface area contributed by atoms with Crippen molar-refractivity contribution in [3.63, 3.8) is 0 Å². The van der Waals surface area contributed by atoms with Crippen molar-refractivity contribution in [2.45, 2.75) is 39.2 Å². The first-order valence-electron chi connectivity index (χ1n) is 5.48. The van der Waals surface area contributed by atoms with E-state index in [0.29, 0.717) is 6.04 Å². The lowest BCUT2D eigenvalue weighted by Gasteiger charge is -2.14. The molecule has 0 radical (unpaired) electrons. The molecule has 1 heteroatoms. The van der Waals surface area contributed by atoms with Gasteiger partial charge < -0.3 is 5.32 Å². The van der Waals surface area contributed by atoms with E-state index >= 15 is 0 Å². The van der Waals surface area contributed by atoms with Gasteiger partial charge in [0.2, 0.25) is 0 Å². The van der Waals surface area contributed by atoms with E-state index in [-0.39, 0.29) is 0 Å². The van der Waals surface area contributed by atoms with Crippen LogP contribution in [-0.4, -0.2) is 12.6 Å². The summed E-state index contributed by atoms with van der Waals surface area (Å²) in [6, 6.07) is 7.35. The number of benzene rings is 1. The van der Waals surface area contributed by atoms with E-state index in [9.17, 15) is 0 Å². The number of hydrogen-bond donors (Lipinski definition) is 1. The minimum atomic E-state index is 0.680. The molecule has 1 saturated heterocycles. The number of nitrogens with one attached hydrogen (secondary N) is 1. The summed E-state index contributed by atoms with van der Waals surface area (Å²) in [6.45, 7) is 7.86. The summed E-state index contributed by atoms with van der Waals surface area (Å²) in [6.07, 6.45) is 1.28. The average Bonchev–Trinajstić information content (AvgIpc) is 2.57. The van der Waals surface area contributed by atoms with E-state index in [1.165, 1.54) is 17.5 Å². The molecule has 2 rings (SSSR count). The second-order valence-electron chi connectivity index (χ2n) is 4.53. The predicted molar refractivity (Wildman–Crippen MR) is 60.7 cm³/mol. The maximum absolute atomic E-state index is 3.51. The third-order valence-electron chi connectivity index (χ3n) is 3.44. The fourth-order valence-electron chi connectivity index (χ4n) is 2.39. The van der Waals surface area contributed by atoms with E-state index in [0.717, 1.165) is 12.5 Å². The maximum atomic E-state index is 3.51. The van der Waals surface area contributed by atoms with Crippen molar-refractivity contribution in [1.29, 1.82) is 0 Å². The molecular weight excluding hydrogens is 170 g/mol. The molecule has 1 N–H and O–H groups in total. The zero-order valence-corrected chi connectivity index (χ0v) is 9.30. The number of rotatable bonds is 1. The van der Waals surface area contributed by atoms with Gasteiger partial charge in [0.25, 0.3) is 0 Å². The summed E-state index contributed by atoms with van der Waals surface area (Å²) in [5.41, 5.74) is 4.44. The molecule has 1 heterocycles. The Labute approximate surface area is 86.5 Å². The fourth-order valence-corrected chi connectivity index (χ4v) is 2.39. The molecule has 0 amide bonds. The van der Waals surface area contributed by atoms with E-state index in [2.05, 4.69) is 44.3 Å². The highest BCUT2D eigenvalue weighted by Crippen LogP contribution is 2.29. The summed E-state index contributed by atoms with van der Waals surface area (Å²) in [5, 5.41) is 3.51. The van der Waals surface area contributed by atoms with Crippen LogP contribution in [0.15, 0.2) is 18.2 Å². The van der Waals surface area contributed by atoms with Crippen LogP contribution < -0.4 is 5.32 Å². The van der Waals surface area contributed by atoms with Crippen molar-refractivity contribution in [3.8, 4) is 0 Å². The Morgan fingerprint density at radius 1 is 1.29 bits per heavy atom. The molecule has 2 unspecified atom stereocenters. The van der Waals surface area contributed by atoms with Gasteiger partial charge in [0, 0.05) is 12.6 Å². The maximum Gasteiger partial charge on any atom is 0.00452 e. The topological polar surface area (TPSA) is 12.0 Å². The van der Waals surface area contributed by atoms with E-state index < -0.39 is 0 Å². The van der Waals surface area contributed by atoms with Gasteiger partial charge in [-0.05, 0) is 49.8 Å². The van der Waals surface area contributed by atoms with E-state index in [1.54, 1.807) is 5.56 Å². The minimum absolute atomic E-state index is 0.680. The van der Waals surface area contributed by atoms with Gasteiger partial charge in [-0.1, -0.05) is 18.2 Å². The lowest BCUT2D eigenvalue weighted by Crippen LogP contribution is -2.16. The first-order chi connectivity index (χ1) is 6.68. The van der Waals surface area contributed by atoms with E-state index in [1.807, 2.05) is 0 Å². The monoisotopic (exact) mass is 189 g/mol. The van der Waals surface area contributed by atoms with Crippen molar-refractivity contribution in [3.05, 3.63) is 34.9 Å². The highest BCUT2D eigenvalue weighted by molar-refractivity contribution is 5.36. The number of aryl methyl sites for hydroxylation is 1. The van der Waals surface area contributed by atoms with Crippen molar-refractivity contribution in [1.82, 2.24) is 5.32 Å². The summed E-state index contributed by atoms with van der Waals surface area (Å²) in [5.74, 6) is 0.727. The van der Waals surface area contributed by atoms with Crippen molar-refractivity contribution < 1.29 is 0 Å². The first-order valence-corrected chi connectivity index (χ1v) is 5.48. The summed E-state index contributed by atoms with van der Waals surface area (Å²) < 4.78 is 0. The molecule has 0 saturated carbocycles. The summed E-state index contributed by atoms with van der Waals surface area (Å²) >= 11 is 0. The average molecular weight is 189 g/mol. The molecule has 0 bridgehead atoms. The van der Waals surface area contributed by atoms with Crippen molar-refractivity contribution in [2.24, 2.45) is 0 Å². The van der Waals surface area contributed by atoms with Crippen LogP contribution in [0.25, 0.3) is 0 Å². The lowest BCUT2D eigenvalue weighted by atomic mass is 9.91. The highest BCUT2D eigenvalue weighted by Gasteiger charge is 2.23. The SMILES string of the molecule is Cc1cccc(C2CNC(C)C2)c1C. The van der Waals surface area contributed by atoms with Gasteiger partial charge in [-0.3, -0.25) is 0 Å².